The van der Waals surface area contributed by atoms with Crippen LogP contribution in [-0.2, 0) is 4.79 Å². The maximum atomic E-state index is 13.0. The average molecular weight is 163 g/mol. The minimum Gasteiger partial charge on any atom is -0.480 e. The summed E-state index contributed by atoms with van der Waals surface area (Å²) in [6.07, 6.45) is -1.51. The monoisotopic (exact) mass is 163 g/mol. The molecule has 0 heterocycles. The van der Waals surface area contributed by atoms with Crippen molar-refractivity contribution in [2.45, 2.75) is 33.0 Å². The van der Waals surface area contributed by atoms with E-state index < -0.39 is 23.6 Å². The van der Waals surface area contributed by atoms with Gasteiger partial charge >= 0.3 is 5.97 Å². The van der Waals surface area contributed by atoms with Crippen LogP contribution in [0.3, 0.4) is 0 Å². The van der Waals surface area contributed by atoms with Crippen molar-refractivity contribution in [2.75, 3.05) is 0 Å². The standard InChI is InChI=1S/C7H14FNO2/c1-7(2,3)5(8)4(9)6(10)11/h4-5H,9H2,1-3H3,(H,10,11). The topological polar surface area (TPSA) is 63.3 Å². The highest BCUT2D eigenvalue weighted by Gasteiger charge is 2.34. The van der Waals surface area contributed by atoms with Crippen LogP contribution in [0.5, 0.6) is 0 Å². The summed E-state index contributed by atoms with van der Waals surface area (Å²) >= 11 is 0. The SMILES string of the molecule is CC(C)(C)C(F)C(N)C(=O)O. The molecule has 0 aliphatic rings. The second-order valence-electron chi connectivity index (χ2n) is 3.63. The summed E-state index contributed by atoms with van der Waals surface area (Å²) in [5.41, 5.74) is 4.36. The molecule has 0 saturated carbocycles. The molecule has 0 fully saturated rings. The van der Waals surface area contributed by atoms with Crippen LogP contribution < -0.4 is 5.73 Å². The van der Waals surface area contributed by atoms with Gasteiger partial charge < -0.3 is 10.8 Å². The summed E-state index contributed by atoms with van der Waals surface area (Å²) in [7, 11) is 0. The largest absolute Gasteiger partial charge is 0.480 e. The van der Waals surface area contributed by atoms with Crippen LogP contribution in [0, 0.1) is 5.41 Å². The molecule has 11 heavy (non-hydrogen) atoms. The highest BCUT2D eigenvalue weighted by molar-refractivity contribution is 5.74. The van der Waals surface area contributed by atoms with Gasteiger partial charge in [-0.15, -0.1) is 0 Å². The molecule has 2 atom stereocenters. The van der Waals surface area contributed by atoms with E-state index in [4.69, 9.17) is 10.8 Å². The van der Waals surface area contributed by atoms with Crippen LogP contribution in [0.1, 0.15) is 20.8 Å². The van der Waals surface area contributed by atoms with Crippen molar-refractivity contribution < 1.29 is 14.3 Å². The first kappa shape index (κ1) is 10.4. The van der Waals surface area contributed by atoms with Crippen molar-refractivity contribution in [3.05, 3.63) is 0 Å². The van der Waals surface area contributed by atoms with E-state index in [1.165, 1.54) is 0 Å². The van der Waals surface area contributed by atoms with Crippen LogP contribution in [0.15, 0.2) is 0 Å². The summed E-state index contributed by atoms with van der Waals surface area (Å²) in [4.78, 5) is 10.2. The van der Waals surface area contributed by atoms with E-state index in [9.17, 15) is 9.18 Å². The van der Waals surface area contributed by atoms with Crippen LogP contribution in [-0.4, -0.2) is 23.3 Å². The number of nitrogens with two attached hydrogens (primary N) is 1. The number of alkyl halides is 1. The lowest BCUT2D eigenvalue weighted by molar-refractivity contribution is -0.141. The Balaban J connectivity index is 4.25. The third-order valence-electron chi connectivity index (χ3n) is 1.43. The summed E-state index contributed by atoms with van der Waals surface area (Å²) in [5.74, 6) is -1.30. The van der Waals surface area contributed by atoms with E-state index in [-0.39, 0.29) is 0 Å². The molecule has 3 N–H and O–H groups in total. The zero-order valence-electron chi connectivity index (χ0n) is 6.97. The molecule has 0 radical (unpaired) electrons. The van der Waals surface area contributed by atoms with Crippen molar-refractivity contribution in [2.24, 2.45) is 11.1 Å². The first-order chi connectivity index (χ1) is 4.76. The van der Waals surface area contributed by atoms with Gasteiger partial charge in [0.15, 0.2) is 0 Å². The molecular formula is C7H14FNO2. The first-order valence-corrected chi connectivity index (χ1v) is 3.39. The fourth-order valence-electron chi connectivity index (χ4n) is 0.664. The van der Waals surface area contributed by atoms with Crippen molar-refractivity contribution in [1.29, 1.82) is 0 Å². The first-order valence-electron chi connectivity index (χ1n) is 3.39. The van der Waals surface area contributed by atoms with E-state index in [1.807, 2.05) is 0 Å². The molecule has 4 heteroatoms. The fraction of sp³-hybridized carbons (Fsp3) is 0.857. The maximum Gasteiger partial charge on any atom is 0.323 e. The smallest absolute Gasteiger partial charge is 0.323 e. The molecule has 0 aliphatic carbocycles. The highest BCUT2D eigenvalue weighted by Crippen LogP contribution is 2.24. The number of halogens is 1. The minimum absolute atomic E-state index is 0.711. The summed E-state index contributed by atoms with van der Waals surface area (Å²) < 4.78 is 13.0. The van der Waals surface area contributed by atoms with Gasteiger partial charge in [-0.05, 0) is 5.41 Å². The molecular weight excluding hydrogens is 149 g/mol. The van der Waals surface area contributed by atoms with E-state index in [0.717, 1.165) is 0 Å². The Labute approximate surface area is 65.4 Å². The van der Waals surface area contributed by atoms with Crippen LogP contribution in [0.4, 0.5) is 4.39 Å². The number of aliphatic carboxylic acids is 1. The van der Waals surface area contributed by atoms with E-state index >= 15 is 0 Å². The predicted octanol–water partition coefficient (Wildman–Crippen LogP) is 0.782. The van der Waals surface area contributed by atoms with Gasteiger partial charge in [0.1, 0.15) is 12.2 Å². The second-order valence-corrected chi connectivity index (χ2v) is 3.63. The van der Waals surface area contributed by atoms with Gasteiger partial charge in [0.05, 0.1) is 0 Å². The molecule has 0 spiro atoms. The summed E-state index contributed by atoms with van der Waals surface area (Å²) in [6, 6.07) is -1.42. The summed E-state index contributed by atoms with van der Waals surface area (Å²) in [6.45, 7) is 4.83. The van der Waals surface area contributed by atoms with Gasteiger partial charge in [0, 0.05) is 0 Å². The lowest BCUT2D eigenvalue weighted by atomic mass is 9.86. The predicted molar refractivity (Wildman–Crippen MR) is 40.0 cm³/mol. The molecule has 0 amide bonds. The van der Waals surface area contributed by atoms with Crippen LogP contribution in [0.2, 0.25) is 0 Å². The van der Waals surface area contributed by atoms with Gasteiger partial charge in [-0.25, -0.2) is 4.39 Å². The molecule has 0 saturated heterocycles. The Bertz CT molecular complexity index is 153. The zero-order valence-corrected chi connectivity index (χ0v) is 6.97. The van der Waals surface area contributed by atoms with E-state index in [1.54, 1.807) is 20.8 Å². The van der Waals surface area contributed by atoms with Gasteiger partial charge in [-0.2, -0.15) is 0 Å². The number of hydrogen-bond donors (Lipinski definition) is 2. The van der Waals surface area contributed by atoms with E-state index in [2.05, 4.69) is 0 Å². The number of carboxylic acid groups (broad SMARTS) is 1. The molecule has 0 aromatic carbocycles. The number of rotatable bonds is 2. The molecule has 3 nitrogen and oxygen atoms in total. The maximum absolute atomic E-state index is 13.0. The van der Waals surface area contributed by atoms with Crippen molar-refractivity contribution in [1.82, 2.24) is 0 Å². The Kier molecular flexibility index (Phi) is 2.99. The van der Waals surface area contributed by atoms with E-state index in [0.29, 0.717) is 0 Å². The normalized spacial score (nSPS) is 17.5. The van der Waals surface area contributed by atoms with Gasteiger partial charge in [-0.1, -0.05) is 20.8 Å². The van der Waals surface area contributed by atoms with Gasteiger partial charge in [0.2, 0.25) is 0 Å². The minimum atomic E-state index is -1.51. The zero-order chi connectivity index (χ0) is 9.23. The number of hydrogen-bond acceptors (Lipinski definition) is 2. The lowest BCUT2D eigenvalue weighted by Gasteiger charge is -2.26. The Hall–Kier alpha value is -0.640. The van der Waals surface area contributed by atoms with Crippen molar-refractivity contribution >= 4 is 5.97 Å². The number of carboxylic acids is 1. The quantitative estimate of drug-likeness (QED) is 0.632. The summed E-state index contributed by atoms with van der Waals surface area (Å²) in [5, 5.41) is 8.35. The van der Waals surface area contributed by atoms with Crippen molar-refractivity contribution in [3.63, 3.8) is 0 Å². The molecule has 0 aromatic heterocycles. The van der Waals surface area contributed by atoms with Crippen molar-refractivity contribution in [3.8, 4) is 0 Å². The number of carbonyl (C=O) groups is 1. The fourth-order valence-corrected chi connectivity index (χ4v) is 0.664. The Morgan fingerprint density at radius 3 is 2.00 bits per heavy atom. The molecule has 0 rings (SSSR count). The lowest BCUT2D eigenvalue weighted by Crippen LogP contribution is -2.45. The molecule has 66 valence electrons. The molecule has 2 unspecified atom stereocenters. The Morgan fingerprint density at radius 2 is 1.91 bits per heavy atom. The van der Waals surface area contributed by atoms with Gasteiger partial charge in [0.25, 0.3) is 0 Å². The van der Waals surface area contributed by atoms with Crippen LogP contribution in [0.25, 0.3) is 0 Å². The second kappa shape index (κ2) is 3.17. The molecule has 0 aliphatic heterocycles. The highest BCUT2D eigenvalue weighted by atomic mass is 19.1. The van der Waals surface area contributed by atoms with Gasteiger partial charge in [-0.3, -0.25) is 4.79 Å². The average Bonchev–Trinajstić information content (AvgIpc) is 1.82. The Morgan fingerprint density at radius 1 is 1.55 bits per heavy atom. The molecule has 0 bridgehead atoms. The third kappa shape index (κ3) is 2.84. The third-order valence-corrected chi connectivity index (χ3v) is 1.43. The molecule has 0 aromatic rings. The van der Waals surface area contributed by atoms with Crippen LogP contribution >= 0.6 is 0 Å².